The third-order valence-corrected chi connectivity index (χ3v) is 3.50. The summed E-state index contributed by atoms with van der Waals surface area (Å²) in [5, 5.41) is 20.7. The zero-order valence-corrected chi connectivity index (χ0v) is 14.7. The predicted molar refractivity (Wildman–Crippen MR) is 79.0 cm³/mol. The van der Waals surface area contributed by atoms with Crippen LogP contribution < -0.4 is 0 Å². The van der Waals surface area contributed by atoms with Crippen molar-refractivity contribution in [3.63, 3.8) is 0 Å². The van der Waals surface area contributed by atoms with Crippen LogP contribution in [0.15, 0.2) is 0 Å². The molecule has 1 aliphatic rings. The fraction of sp³-hybridized carbons (Fsp3) is 0.467. The van der Waals surface area contributed by atoms with Crippen molar-refractivity contribution in [3.05, 3.63) is 27.8 Å². The van der Waals surface area contributed by atoms with Crippen molar-refractivity contribution in [1.29, 1.82) is 0 Å². The van der Waals surface area contributed by atoms with Gasteiger partial charge in [0.15, 0.2) is 0 Å². The molecular formula is C15H23O6Ti-. The molecule has 3 N–H and O–H groups in total. The van der Waals surface area contributed by atoms with E-state index in [1.165, 1.54) is 25.7 Å². The van der Waals surface area contributed by atoms with Crippen molar-refractivity contribution in [2.75, 3.05) is 0 Å². The van der Waals surface area contributed by atoms with E-state index >= 15 is 0 Å². The first-order valence-electron chi connectivity index (χ1n) is 6.44. The first kappa shape index (κ1) is 25.4. The Hall–Kier alpha value is -1.53. The Morgan fingerprint density at radius 2 is 1.27 bits per heavy atom. The molecular weight excluding hydrogens is 324 g/mol. The van der Waals surface area contributed by atoms with Gasteiger partial charge < -0.3 is 15.3 Å². The van der Waals surface area contributed by atoms with Crippen LogP contribution >= 0.6 is 0 Å². The molecule has 0 aromatic heterocycles. The van der Waals surface area contributed by atoms with E-state index in [2.05, 4.69) is 20.8 Å². The van der Waals surface area contributed by atoms with Crippen molar-refractivity contribution < 1.29 is 51.4 Å². The van der Waals surface area contributed by atoms with Crippen LogP contribution in [0.25, 0.3) is 0 Å². The normalized spacial score (nSPS) is 10.5. The predicted octanol–water partition coefficient (Wildman–Crippen LogP) is 2.31. The van der Waals surface area contributed by atoms with Gasteiger partial charge in [0.25, 0.3) is 19.4 Å². The Morgan fingerprint density at radius 1 is 0.909 bits per heavy atom. The zero-order valence-electron chi connectivity index (χ0n) is 13.1. The van der Waals surface area contributed by atoms with Gasteiger partial charge in [-0.05, 0) is 0 Å². The molecule has 2 rings (SSSR count). The maximum absolute atomic E-state index is 8.36. The molecule has 0 saturated heterocycles. The smallest absolute Gasteiger partial charge is 0.290 e. The first-order valence-corrected chi connectivity index (χ1v) is 6.44. The van der Waals surface area contributed by atoms with Crippen molar-refractivity contribution in [1.82, 2.24) is 0 Å². The molecule has 0 saturated carbocycles. The third kappa shape index (κ3) is 8.69. The Balaban J connectivity index is -0.000000307. The van der Waals surface area contributed by atoms with Crippen molar-refractivity contribution in [2.24, 2.45) is 0 Å². The monoisotopic (exact) mass is 347 g/mol. The van der Waals surface area contributed by atoms with E-state index in [1.54, 1.807) is 27.8 Å². The second-order valence-corrected chi connectivity index (χ2v) is 4.36. The van der Waals surface area contributed by atoms with Gasteiger partial charge in [0, 0.05) is 21.7 Å². The third-order valence-electron chi connectivity index (χ3n) is 3.50. The van der Waals surface area contributed by atoms with E-state index < -0.39 is 0 Å². The minimum Gasteiger partial charge on any atom is -0.483 e. The topological polar surface area (TPSA) is 112 Å². The average Bonchev–Trinajstić information content (AvgIpc) is 2.67. The average molecular weight is 347 g/mol. The summed E-state index contributed by atoms with van der Waals surface area (Å²) in [5.41, 5.74) is 8.04. The molecule has 7 heteroatoms. The summed E-state index contributed by atoms with van der Waals surface area (Å²) >= 11 is 0. The summed E-state index contributed by atoms with van der Waals surface area (Å²) in [6.45, 7) is 6.09. The molecule has 6 nitrogen and oxygen atoms in total. The standard InChI is InChI=1S/C12H17.3CH2O2.Ti/c1-8-9(2)11-6-4-5-7-12(11)10(8)3;3*2-1-3;/h4-7H2,1-3H3;3*1H,(H,2,3);/q-1;;;;. The van der Waals surface area contributed by atoms with Crippen LogP contribution in [0.2, 0.25) is 0 Å². The second-order valence-electron chi connectivity index (χ2n) is 4.36. The molecule has 0 fully saturated rings. The Morgan fingerprint density at radius 3 is 1.64 bits per heavy atom. The minimum atomic E-state index is -0.250. The summed E-state index contributed by atoms with van der Waals surface area (Å²) in [6, 6.07) is 0. The number of hydrogen-bond donors (Lipinski definition) is 3. The van der Waals surface area contributed by atoms with E-state index in [1.807, 2.05) is 0 Å². The molecule has 124 valence electrons. The summed E-state index contributed by atoms with van der Waals surface area (Å²) < 4.78 is 0. The molecule has 0 heterocycles. The molecule has 1 aromatic rings. The number of carboxylic acid groups (broad SMARTS) is 3. The molecule has 1 aromatic carbocycles. The summed E-state index contributed by atoms with van der Waals surface area (Å²) in [5.74, 6) is 0. The van der Waals surface area contributed by atoms with E-state index in [-0.39, 0.29) is 41.1 Å². The van der Waals surface area contributed by atoms with E-state index in [0.717, 1.165) is 0 Å². The van der Waals surface area contributed by atoms with Gasteiger partial charge in [0.2, 0.25) is 0 Å². The number of carbonyl (C=O) groups is 3. The maximum Gasteiger partial charge on any atom is 0.290 e. The minimum absolute atomic E-state index is 0. The van der Waals surface area contributed by atoms with Crippen LogP contribution in [0.5, 0.6) is 0 Å². The van der Waals surface area contributed by atoms with Crippen LogP contribution in [-0.4, -0.2) is 34.7 Å². The van der Waals surface area contributed by atoms with Gasteiger partial charge >= 0.3 is 0 Å². The molecule has 22 heavy (non-hydrogen) atoms. The van der Waals surface area contributed by atoms with Gasteiger partial charge in [-0.25, -0.2) is 0 Å². The quantitative estimate of drug-likeness (QED) is 0.377. The Kier molecular flexibility index (Phi) is 18.3. The Bertz CT molecular complexity index is 396. The first-order chi connectivity index (χ1) is 9.96. The molecule has 0 bridgehead atoms. The molecule has 0 aliphatic heterocycles. The van der Waals surface area contributed by atoms with Crippen LogP contribution in [-0.2, 0) is 48.9 Å². The molecule has 0 amide bonds. The van der Waals surface area contributed by atoms with Crippen molar-refractivity contribution in [2.45, 2.75) is 46.5 Å². The summed E-state index contributed by atoms with van der Waals surface area (Å²) in [6.07, 6.45) is 5.46. The van der Waals surface area contributed by atoms with Gasteiger partial charge in [-0.3, -0.25) is 14.4 Å². The maximum atomic E-state index is 8.36. The van der Waals surface area contributed by atoms with Crippen LogP contribution in [0, 0.1) is 20.8 Å². The Labute approximate surface area is 145 Å². The van der Waals surface area contributed by atoms with Crippen LogP contribution in [0.3, 0.4) is 0 Å². The summed E-state index contributed by atoms with van der Waals surface area (Å²) in [7, 11) is 0. The van der Waals surface area contributed by atoms with Crippen molar-refractivity contribution >= 4 is 19.4 Å². The number of rotatable bonds is 0. The van der Waals surface area contributed by atoms with Gasteiger partial charge in [-0.15, -0.1) is 0 Å². The SMILES string of the molecule is Cc1c2c([c-](C)c1C)CCCC2.O=CO.O=CO.O=CO.[Ti]. The van der Waals surface area contributed by atoms with Crippen LogP contribution in [0.4, 0.5) is 0 Å². The fourth-order valence-corrected chi connectivity index (χ4v) is 2.47. The van der Waals surface area contributed by atoms with E-state index in [9.17, 15) is 0 Å². The largest absolute Gasteiger partial charge is 0.483 e. The van der Waals surface area contributed by atoms with Crippen LogP contribution in [0.1, 0.15) is 40.7 Å². The molecule has 0 unspecified atom stereocenters. The molecule has 0 atom stereocenters. The molecule has 1 aliphatic carbocycles. The second kappa shape index (κ2) is 15.9. The van der Waals surface area contributed by atoms with E-state index in [0.29, 0.717) is 0 Å². The fourth-order valence-electron chi connectivity index (χ4n) is 2.47. The molecule has 0 spiro atoms. The molecule has 0 radical (unpaired) electrons. The number of fused-ring (bicyclic) bond motifs is 1. The summed E-state index contributed by atoms with van der Waals surface area (Å²) in [4.78, 5) is 25.1. The van der Waals surface area contributed by atoms with E-state index in [4.69, 9.17) is 29.7 Å². The van der Waals surface area contributed by atoms with Gasteiger partial charge in [0.05, 0.1) is 0 Å². The van der Waals surface area contributed by atoms with Crippen molar-refractivity contribution in [3.8, 4) is 0 Å². The van der Waals surface area contributed by atoms with Gasteiger partial charge in [0.1, 0.15) is 0 Å². The number of hydrogen-bond acceptors (Lipinski definition) is 3. The van der Waals surface area contributed by atoms with Gasteiger partial charge in [-0.2, -0.15) is 27.8 Å². The zero-order chi connectivity index (χ0) is 16.8. The van der Waals surface area contributed by atoms with Gasteiger partial charge in [-0.1, -0.05) is 46.5 Å².